The quantitative estimate of drug-likeness (QED) is 0.375. The molecule has 24 heavy (non-hydrogen) atoms. The first-order valence-corrected chi connectivity index (χ1v) is 8.25. The molecule has 0 aliphatic carbocycles. The molecule has 0 atom stereocenters. The van der Waals surface area contributed by atoms with Crippen molar-refractivity contribution < 1.29 is 19.4 Å². The summed E-state index contributed by atoms with van der Waals surface area (Å²) in [5, 5.41) is 8.30. The second-order valence-electron chi connectivity index (χ2n) is 5.47. The van der Waals surface area contributed by atoms with Crippen molar-refractivity contribution in [3.05, 3.63) is 47.1 Å². The number of ether oxygens (including phenoxy) is 1. The molecule has 0 aromatic rings. The molecule has 0 aliphatic rings. The number of carboxylic acids is 1. The Morgan fingerprint density at radius 1 is 1.08 bits per heavy atom. The Bertz CT molecular complexity index is 490. The van der Waals surface area contributed by atoms with Crippen LogP contribution in [0.4, 0.5) is 0 Å². The summed E-state index contributed by atoms with van der Waals surface area (Å²) in [6.07, 6.45) is 11.6. The fraction of sp³-hybridized carbons (Fsp3) is 0.500. The van der Waals surface area contributed by atoms with Gasteiger partial charge in [0, 0.05) is 11.6 Å². The third kappa shape index (κ3) is 16.3. The van der Waals surface area contributed by atoms with E-state index in [1.165, 1.54) is 17.2 Å². The number of rotatable bonds is 8. The molecule has 136 valence electrons. The number of allylic oxidation sites excluding steroid dienone is 5. The summed E-state index contributed by atoms with van der Waals surface area (Å²) < 4.78 is 4.96. The molecule has 0 rings (SSSR count). The summed E-state index contributed by atoms with van der Waals surface area (Å²) in [7, 11) is 0. The van der Waals surface area contributed by atoms with Gasteiger partial charge in [0.05, 0.1) is 0 Å². The van der Waals surface area contributed by atoms with Gasteiger partial charge < -0.3 is 9.84 Å². The summed E-state index contributed by atoms with van der Waals surface area (Å²) in [6, 6.07) is 0. The maximum absolute atomic E-state index is 11.0. The normalized spacial score (nSPS) is 11.6. The minimum Gasteiger partial charge on any atom is -0.478 e. The molecule has 0 saturated heterocycles. The van der Waals surface area contributed by atoms with Gasteiger partial charge >= 0.3 is 11.9 Å². The highest BCUT2D eigenvalue weighted by Gasteiger charge is 1.99. The largest absolute Gasteiger partial charge is 0.478 e. The monoisotopic (exact) mass is 336 g/mol. The molecular weight excluding hydrogens is 304 g/mol. The number of carbonyl (C=O) groups excluding carboxylic acids is 1. The molecule has 0 aromatic carbocycles. The Balaban J connectivity index is 0. The maximum atomic E-state index is 11.0. The van der Waals surface area contributed by atoms with Crippen LogP contribution in [0.2, 0.25) is 0 Å². The van der Waals surface area contributed by atoms with Gasteiger partial charge in [-0.25, -0.2) is 9.59 Å². The lowest BCUT2D eigenvalue weighted by Crippen LogP contribution is -2.00. The van der Waals surface area contributed by atoms with E-state index in [0.717, 1.165) is 12.8 Å². The molecule has 4 nitrogen and oxygen atoms in total. The highest BCUT2D eigenvalue weighted by molar-refractivity contribution is 5.86. The van der Waals surface area contributed by atoms with Crippen LogP contribution in [0.25, 0.3) is 0 Å². The van der Waals surface area contributed by atoms with Crippen LogP contribution in [0.3, 0.4) is 0 Å². The molecule has 0 radical (unpaired) electrons. The van der Waals surface area contributed by atoms with E-state index in [1.54, 1.807) is 26.0 Å². The van der Waals surface area contributed by atoms with Crippen molar-refractivity contribution in [3.63, 3.8) is 0 Å². The Labute approximate surface area is 146 Å². The zero-order chi connectivity index (χ0) is 19.0. The Kier molecular flexibility index (Phi) is 15.9. The van der Waals surface area contributed by atoms with Crippen molar-refractivity contribution in [2.45, 2.75) is 60.8 Å². The molecule has 0 aliphatic heterocycles. The topological polar surface area (TPSA) is 63.6 Å². The Morgan fingerprint density at radius 3 is 2.08 bits per heavy atom. The molecule has 0 saturated carbocycles. The van der Waals surface area contributed by atoms with Crippen molar-refractivity contribution >= 4 is 11.9 Å². The number of carboxylic acid groups (broad SMARTS) is 1. The Hall–Kier alpha value is -2.10. The number of hydrogen-bond acceptors (Lipinski definition) is 3. The van der Waals surface area contributed by atoms with Crippen LogP contribution in [-0.4, -0.2) is 23.7 Å². The molecule has 1 N–H and O–H groups in total. The smallest absolute Gasteiger partial charge is 0.331 e. The molecule has 0 spiro atoms. The van der Waals surface area contributed by atoms with Crippen LogP contribution in [0.5, 0.6) is 0 Å². The summed E-state index contributed by atoms with van der Waals surface area (Å²) in [5.41, 5.74) is 3.07. The van der Waals surface area contributed by atoms with Crippen molar-refractivity contribution in [2.75, 3.05) is 6.61 Å². The van der Waals surface area contributed by atoms with E-state index in [4.69, 9.17) is 9.84 Å². The molecule has 0 amide bonds. The average molecular weight is 336 g/mol. The number of esters is 1. The van der Waals surface area contributed by atoms with Gasteiger partial charge in [0.2, 0.25) is 0 Å². The lowest BCUT2D eigenvalue weighted by molar-refractivity contribution is -0.136. The van der Waals surface area contributed by atoms with Crippen molar-refractivity contribution in [1.82, 2.24) is 0 Å². The predicted octanol–water partition coefficient (Wildman–Crippen LogP) is 5.23. The standard InChI is InChI=1S/C14H22O2.C6H10O2/c1-5-7-14(15)16-11-10-13(4)9-6-8-12(2)3;1-3-5(4-2)6(7)8/h5,7-8,10H,6,9,11H2,1-4H3;3H,4H2,1-2H3,(H,7,8)/b7-5+,13-10+;. The first kappa shape index (κ1) is 24.2. The molecule has 0 bridgehead atoms. The van der Waals surface area contributed by atoms with Crippen molar-refractivity contribution in [2.24, 2.45) is 0 Å². The van der Waals surface area contributed by atoms with Gasteiger partial charge in [-0.15, -0.1) is 0 Å². The van der Waals surface area contributed by atoms with Gasteiger partial charge in [-0.05, 0) is 60.0 Å². The molecule has 0 aromatic heterocycles. The Morgan fingerprint density at radius 2 is 1.71 bits per heavy atom. The van der Waals surface area contributed by atoms with E-state index in [9.17, 15) is 9.59 Å². The van der Waals surface area contributed by atoms with Crippen LogP contribution in [0.15, 0.2) is 47.1 Å². The van der Waals surface area contributed by atoms with Gasteiger partial charge in [0.1, 0.15) is 6.61 Å². The number of carbonyl (C=O) groups is 2. The summed E-state index contributed by atoms with van der Waals surface area (Å²) in [6.45, 7) is 12.0. The van der Waals surface area contributed by atoms with E-state index in [0.29, 0.717) is 18.6 Å². The summed E-state index contributed by atoms with van der Waals surface area (Å²) in [4.78, 5) is 21.1. The third-order valence-corrected chi connectivity index (χ3v) is 3.06. The van der Waals surface area contributed by atoms with E-state index in [2.05, 4.69) is 26.8 Å². The highest BCUT2D eigenvalue weighted by atomic mass is 16.5. The predicted molar refractivity (Wildman–Crippen MR) is 99.9 cm³/mol. The fourth-order valence-electron chi connectivity index (χ4n) is 1.62. The molecular formula is C20H32O4. The van der Waals surface area contributed by atoms with Crippen LogP contribution >= 0.6 is 0 Å². The van der Waals surface area contributed by atoms with E-state index in [-0.39, 0.29) is 5.97 Å². The van der Waals surface area contributed by atoms with Gasteiger partial charge in [-0.3, -0.25) is 0 Å². The summed E-state index contributed by atoms with van der Waals surface area (Å²) in [5.74, 6) is -1.09. The van der Waals surface area contributed by atoms with Gasteiger partial charge in [-0.2, -0.15) is 0 Å². The van der Waals surface area contributed by atoms with Gasteiger partial charge in [-0.1, -0.05) is 36.3 Å². The van der Waals surface area contributed by atoms with Crippen LogP contribution in [0, 0.1) is 0 Å². The second kappa shape index (κ2) is 15.8. The highest BCUT2D eigenvalue weighted by Crippen LogP contribution is 2.06. The van der Waals surface area contributed by atoms with E-state index >= 15 is 0 Å². The van der Waals surface area contributed by atoms with E-state index in [1.807, 2.05) is 13.0 Å². The molecule has 0 fully saturated rings. The molecule has 4 heteroatoms. The number of hydrogen-bond donors (Lipinski definition) is 1. The first-order valence-electron chi connectivity index (χ1n) is 8.25. The van der Waals surface area contributed by atoms with Gasteiger partial charge in [0.25, 0.3) is 0 Å². The lowest BCUT2D eigenvalue weighted by Gasteiger charge is -2.00. The van der Waals surface area contributed by atoms with Gasteiger partial charge in [0.15, 0.2) is 0 Å². The van der Waals surface area contributed by atoms with Crippen LogP contribution in [-0.2, 0) is 14.3 Å². The molecule has 0 heterocycles. The minimum atomic E-state index is -0.810. The van der Waals surface area contributed by atoms with Crippen molar-refractivity contribution in [3.8, 4) is 0 Å². The van der Waals surface area contributed by atoms with Crippen LogP contribution in [0.1, 0.15) is 60.8 Å². The average Bonchev–Trinajstić information content (AvgIpc) is 2.48. The van der Waals surface area contributed by atoms with Crippen LogP contribution < -0.4 is 0 Å². The maximum Gasteiger partial charge on any atom is 0.331 e. The first-order chi connectivity index (χ1) is 11.3. The third-order valence-electron chi connectivity index (χ3n) is 3.06. The van der Waals surface area contributed by atoms with Crippen molar-refractivity contribution in [1.29, 1.82) is 0 Å². The van der Waals surface area contributed by atoms with E-state index < -0.39 is 5.97 Å². The zero-order valence-electron chi connectivity index (χ0n) is 15.9. The SMILES string of the molecule is C/C=C/C(=O)OC/C=C(\C)CCC=C(C)C.CC=C(CC)C(=O)O. The fourth-order valence-corrected chi connectivity index (χ4v) is 1.62. The molecule has 0 unspecified atom stereocenters. The second-order valence-corrected chi connectivity index (χ2v) is 5.47. The number of aliphatic carboxylic acids is 1. The minimum absolute atomic E-state index is 0.282. The zero-order valence-corrected chi connectivity index (χ0v) is 15.9. The lowest BCUT2D eigenvalue weighted by atomic mass is 10.1. The summed E-state index contributed by atoms with van der Waals surface area (Å²) >= 11 is 0.